The molecule has 2 aromatic rings. The van der Waals surface area contributed by atoms with Gasteiger partial charge < -0.3 is 14.6 Å². The zero-order valence-corrected chi connectivity index (χ0v) is 12.8. The van der Waals surface area contributed by atoms with E-state index in [1.807, 2.05) is 42.5 Å². The van der Waals surface area contributed by atoms with Crippen LogP contribution in [0.3, 0.4) is 0 Å². The maximum absolute atomic E-state index is 8.79. The fourth-order valence-corrected chi connectivity index (χ4v) is 2.23. The van der Waals surface area contributed by atoms with Gasteiger partial charge in [-0.25, -0.2) is 0 Å². The number of aliphatic hydroxyl groups is 1. The van der Waals surface area contributed by atoms with E-state index in [-0.39, 0.29) is 6.61 Å². The number of benzene rings is 2. The van der Waals surface area contributed by atoms with Gasteiger partial charge in [-0.05, 0) is 41.0 Å². The van der Waals surface area contributed by atoms with Crippen molar-refractivity contribution in [3.63, 3.8) is 0 Å². The predicted molar refractivity (Wildman–Crippen MR) is 84.8 cm³/mol. The summed E-state index contributed by atoms with van der Waals surface area (Å²) in [5, 5.41) is 9.51. The highest BCUT2D eigenvalue weighted by atomic mass is 35.5. The van der Waals surface area contributed by atoms with E-state index >= 15 is 0 Å². The molecule has 2 rings (SSSR count). The first-order chi connectivity index (χ1) is 10.2. The molecule has 2 aromatic carbocycles. The van der Waals surface area contributed by atoms with Gasteiger partial charge in [0.1, 0.15) is 5.75 Å². The highest BCUT2D eigenvalue weighted by Gasteiger charge is 2.07. The summed E-state index contributed by atoms with van der Waals surface area (Å²) in [5.41, 5.74) is 3.25. The van der Waals surface area contributed by atoms with E-state index in [4.69, 9.17) is 26.2 Å². The molecule has 0 aliphatic heterocycles. The second-order valence-corrected chi connectivity index (χ2v) is 5.12. The zero-order chi connectivity index (χ0) is 15.1. The zero-order valence-electron chi connectivity index (χ0n) is 12.0. The Balaban J connectivity index is 2.26. The fraction of sp³-hybridized carbons (Fsp3) is 0.294. The first kappa shape index (κ1) is 15.8. The van der Waals surface area contributed by atoms with E-state index in [9.17, 15) is 0 Å². The smallest absolute Gasteiger partial charge is 0.119 e. The molecule has 0 amide bonds. The van der Waals surface area contributed by atoms with Crippen molar-refractivity contribution in [2.75, 3.05) is 20.3 Å². The van der Waals surface area contributed by atoms with Crippen LogP contribution < -0.4 is 4.74 Å². The second kappa shape index (κ2) is 8.03. The molecule has 0 unspecified atom stereocenters. The van der Waals surface area contributed by atoms with Crippen LogP contribution in [0.15, 0.2) is 42.5 Å². The lowest BCUT2D eigenvalue weighted by atomic mass is 10.00. The molecule has 0 spiro atoms. The van der Waals surface area contributed by atoms with Gasteiger partial charge >= 0.3 is 0 Å². The van der Waals surface area contributed by atoms with E-state index in [2.05, 4.69) is 0 Å². The van der Waals surface area contributed by atoms with Crippen molar-refractivity contribution in [3.8, 4) is 16.9 Å². The molecule has 0 saturated heterocycles. The molecule has 0 fully saturated rings. The Morgan fingerprint density at radius 2 is 1.86 bits per heavy atom. The minimum absolute atomic E-state index is 0.133. The standard InChI is InChI=1S/C17H19ClO3/c1-20-12-14-11-16(21-10-2-9-19)7-8-17(14)13-3-5-15(18)6-4-13/h3-8,11,19H,2,9-10,12H2,1H3. The molecule has 0 aliphatic carbocycles. The third-order valence-electron chi connectivity index (χ3n) is 3.10. The quantitative estimate of drug-likeness (QED) is 0.788. The molecule has 0 atom stereocenters. The van der Waals surface area contributed by atoms with Crippen LogP contribution >= 0.6 is 11.6 Å². The Morgan fingerprint density at radius 3 is 2.52 bits per heavy atom. The molecule has 1 N–H and O–H groups in total. The Labute approximate surface area is 130 Å². The number of ether oxygens (including phenoxy) is 2. The summed E-state index contributed by atoms with van der Waals surface area (Å²) in [4.78, 5) is 0. The SMILES string of the molecule is COCc1cc(OCCCO)ccc1-c1ccc(Cl)cc1. The predicted octanol–water partition coefficient (Wildman–Crippen LogP) is 3.91. The fourth-order valence-electron chi connectivity index (χ4n) is 2.10. The third-order valence-corrected chi connectivity index (χ3v) is 3.35. The average molecular weight is 307 g/mol. The van der Waals surface area contributed by atoms with Crippen molar-refractivity contribution < 1.29 is 14.6 Å². The van der Waals surface area contributed by atoms with Crippen LogP contribution in [0, 0.1) is 0 Å². The van der Waals surface area contributed by atoms with Gasteiger partial charge in [-0.2, -0.15) is 0 Å². The summed E-state index contributed by atoms with van der Waals surface area (Å²) in [5.74, 6) is 0.785. The van der Waals surface area contributed by atoms with Gasteiger partial charge in [0, 0.05) is 25.2 Å². The Hall–Kier alpha value is -1.55. The number of hydrogen-bond donors (Lipinski definition) is 1. The summed E-state index contributed by atoms with van der Waals surface area (Å²) in [6.45, 7) is 1.15. The van der Waals surface area contributed by atoms with E-state index < -0.39 is 0 Å². The molecule has 3 nitrogen and oxygen atoms in total. The van der Waals surface area contributed by atoms with Crippen molar-refractivity contribution in [3.05, 3.63) is 53.1 Å². The van der Waals surface area contributed by atoms with E-state index in [0.29, 0.717) is 19.6 Å². The summed E-state index contributed by atoms with van der Waals surface area (Å²) in [6.07, 6.45) is 0.624. The summed E-state index contributed by atoms with van der Waals surface area (Å²) in [7, 11) is 1.67. The molecule has 0 aromatic heterocycles. The van der Waals surface area contributed by atoms with Crippen molar-refractivity contribution in [2.24, 2.45) is 0 Å². The normalized spacial score (nSPS) is 10.6. The van der Waals surface area contributed by atoms with Crippen LogP contribution in [0.25, 0.3) is 11.1 Å². The highest BCUT2D eigenvalue weighted by molar-refractivity contribution is 6.30. The lowest BCUT2D eigenvalue weighted by Crippen LogP contribution is -2.01. The number of rotatable bonds is 7. The van der Waals surface area contributed by atoms with Gasteiger partial charge in [0.2, 0.25) is 0 Å². The Bertz CT molecular complexity index is 567. The van der Waals surface area contributed by atoms with Crippen LogP contribution in [-0.4, -0.2) is 25.4 Å². The Kier molecular flexibility index (Phi) is 6.05. The molecule has 0 saturated carbocycles. The van der Waals surface area contributed by atoms with Crippen LogP contribution in [0.4, 0.5) is 0 Å². The maximum Gasteiger partial charge on any atom is 0.119 e. The first-order valence-electron chi connectivity index (χ1n) is 6.86. The van der Waals surface area contributed by atoms with Crippen LogP contribution in [-0.2, 0) is 11.3 Å². The number of halogens is 1. The Morgan fingerprint density at radius 1 is 1.10 bits per heavy atom. The van der Waals surface area contributed by atoms with E-state index in [0.717, 1.165) is 27.5 Å². The van der Waals surface area contributed by atoms with Crippen molar-refractivity contribution >= 4 is 11.6 Å². The van der Waals surface area contributed by atoms with Crippen molar-refractivity contribution in [1.82, 2.24) is 0 Å². The van der Waals surface area contributed by atoms with Crippen LogP contribution in [0.1, 0.15) is 12.0 Å². The monoisotopic (exact) mass is 306 g/mol. The third kappa shape index (κ3) is 4.46. The number of methoxy groups -OCH3 is 1. The van der Waals surface area contributed by atoms with Gasteiger partial charge in [-0.1, -0.05) is 29.8 Å². The van der Waals surface area contributed by atoms with E-state index in [1.54, 1.807) is 7.11 Å². The van der Waals surface area contributed by atoms with Crippen LogP contribution in [0.5, 0.6) is 5.75 Å². The van der Waals surface area contributed by atoms with E-state index in [1.165, 1.54) is 0 Å². The van der Waals surface area contributed by atoms with Gasteiger partial charge in [0.25, 0.3) is 0 Å². The molecule has 0 radical (unpaired) electrons. The summed E-state index contributed by atoms with van der Waals surface area (Å²) >= 11 is 5.93. The largest absolute Gasteiger partial charge is 0.493 e. The topological polar surface area (TPSA) is 38.7 Å². The minimum atomic E-state index is 0.133. The summed E-state index contributed by atoms with van der Waals surface area (Å²) in [6, 6.07) is 13.7. The van der Waals surface area contributed by atoms with Gasteiger partial charge in [-0.15, -0.1) is 0 Å². The lowest BCUT2D eigenvalue weighted by Gasteiger charge is -2.12. The summed E-state index contributed by atoms with van der Waals surface area (Å²) < 4.78 is 10.9. The van der Waals surface area contributed by atoms with Crippen molar-refractivity contribution in [2.45, 2.75) is 13.0 Å². The molecule has 4 heteroatoms. The molecule has 0 bridgehead atoms. The number of hydrogen-bond acceptors (Lipinski definition) is 3. The molecular weight excluding hydrogens is 288 g/mol. The second-order valence-electron chi connectivity index (χ2n) is 4.68. The lowest BCUT2D eigenvalue weighted by molar-refractivity contribution is 0.184. The van der Waals surface area contributed by atoms with Gasteiger partial charge in [-0.3, -0.25) is 0 Å². The first-order valence-corrected chi connectivity index (χ1v) is 7.24. The average Bonchev–Trinajstić information content (AvgIpc) is 2.49. The molecule has 112 valence electrons. The molecule has 21 heavy (non-hydrogen) atoms. The molecule has 0 aliphatic rings. The minimum Gasteiger partial charge on any atom is -0.493 e. The number of aliphatic hydroxyl groups excluding tert-OH is 1. The van der Waals surface area contributed by atoms with Crippen molar-refractivity contribution in [1.29, 1.82) is 0 Å². The van der Waals surface area contributed by atoms with Gasteiger partial charge in [0.15, 0.2) is 0 Å². The van der Waals surface area contributed by atoms with Crippen LogP contribution in [0.2, 0.25) is 5.02 Å². The van der Waals surface area contributed by atoms with Gasteiger partial charge in [0.05, 0.1) is 13.2 Å². The molecule has 0 heterocycles. The highest BCUT2D eigenvalue weighted by Crippen LogP contribution is 2.29. The molecular formula is C17H19ClO3. The maximum atomic E-state index is 8.79.